The molecule has 24 heavy (non-hydrogen) atoms. The van der Waals surface area contributed by atoms with Gasteiger partial charge < -0.3 is 9.88 Å². The molecule has 2 aromatic heterocycles. The Bertz CT molecular complexity index is 973. The standard InChI is InChI=1S/C18H15ClN2O2S/c1-10(22)16-7-11(9-24-16)18(23)21-6-5-15-13(8-21)12-3-2-4-14(19)17(12)20-15/h2-4,7,9,20H,5-6,8H2,1H3. The number of carbonyl (C=O) groups is 2. The fourth-order valence-electron chi connectivity index (χ4n) is 3.19. The van der Waals surface area contributed by atoms with Crippen LogP contribution < -0.4 is 0 Å². The van der Waals surface area contributed by atoms with E-state index in [1.165, 1.54) is 18.3 Å². The fourth-order valence-corrected chi connectivity index (χ4v) is 4.20. The summed E-state index contributed by atoms with van der Waals surface area (Å²) in [7, 11) is 0. The number of carbonyl (C=O) groups excluding carboxylic acids is 2. The number of rotatable bonds is 2. The van der Waals surface area contributed by atoms with Gasteiger partial charge in [0.05, 0.1) is 21.0 Å². The Morgan fingerprint density at radius 1 is 1.33 bits per heavy atom. The summed E-state index contributed by atoms with van der Waals surface area (Å²) in [6, 6.07) is 7.51. The minimum Gasteiger partial charge on any atom is -0.357 e. The van der Waals surface area contributed by atoms with Gasteiger partial charge in [0.25, 0.3) is 5.91 Å². The third-order valence-corrected chi connectivity index (χ3v) is 5.79. The highest BCUT2D eigenvalue weighted by Gasteiger charge is 2.26. The van der Waals surface area contributed by atoms with Crippen LogP contribution in [0.25, 0.3) is 10.9 Å². The highest BCUT2D eigenvalue weighted by atomic mass is 35.5. The van der Waals surface area contributed by atoms with Crippen molar-refractivity contribution in [1.82, 2.24) is 9.88 Å². The highest BCUT2D eigenvalue weighted by molar-refractivity contribution is 7.12. The van der Waals surface area contributed by atoms with Crippen LogP contribution in [0.4, 0.5) is 0 Å². The summed E-state index contributed by atoms with van der Waals surface area (Å²) in [5.74, 6) is -0.0352. The van der Waals surface area contributed by atoms with Crippen molar-refractivity contribution in [2.24, 2.45) is 0 Å². The first kappa shape index (κ1) is 15.4. The van der Waals surface area contributed by atoms with E-state index in [1.54, 1.807) is 11.4 Å². The summed E-state index contributed by atoms with van der Waals surface area (Å²) in [4.78, 5) is 30.0. The van der Waals surface area contributed by atoms with Gasteiger partial charge in [0, 0.05) is 41.5 Å². The number of amides is 1. The van der Waals surface area contributed by atoms with E-state index in [1.807, 2.05) is 23.1 Å². The Balaban J connectivity index is 1.66. The Hall–Kier alpha value is -2.11. The van der Waals surface area contributed by atoms with E-state index < -0.39 is 0 Å². The average molecular weight is 359 g/mol. The topological polar surface area (TPSA) is 53.2 Å². The molecule has 6 heteroatoms. The van der Waals surface area contributed by atoms with E-state index in [2.05, 4.69) is 4.98 Å². The van der Waals surface area contributed by atoms with Crippen LogP contribution in [0.5, 0.6) is 0 Å². The van der Waals surface area contributed by atoms with Gasteiger partial charge in [-0.25, -0.2) is 0 Å². The Kier molecular flexibility index (Phi) is 3.70. The molecule has 4 rings (SSSR count). The van der Waals surface area contributed by atoms with Gasteiger partial charge in [-0.3, -0.25) is 9.59 Å². The smallest absolute Gasteiger partial charge is 0.255 e. The van der Waals surface area contributed by atoms with Gasteiger partial charge in [-0.1, -0.05) is 23.7 Å². The van der Waals surface area contributed by atoms with Crippen molar-refractivity contribution in [3.05, 3.63) is 56.4 Å². The van der Waals surface area contributed by atoms with Crippen molar-refractivity contribution >= 4 is 45.5 Å². The number of hydrogen-bond acceptors (Lipinski definition) is 3. The Labute approximate surface area is 148 Å². The van der Waals surface area contributed by atoms with Crippen LogP contribution in [0.15, 0.2) is 29.6 Å². The highest BCUT2D eigenvalue weighted by Crippen LogP contribution is 2.32. The Morgan fingerprint density at radius 3 is 2.92 bits per heavy atom. The molecule has 0 fully saturated rings. The maximum atomic E-state index is 12.8. The third-order valence-electron chi connectivity index (χ3n) is 4.44. The second-order valence-electron chi connectivity index (χ2n) is 5.98. The van der Waals surface area contributed by atoms with E-state index in [4.69, 9.17) is 11.6 Å². The fraction of sp³-hybridized carbons (Fsp3) is 0.222. The van der Waals surface area contributed by atoms with Gasteiger partial charge in [0.1, 0.15) is 0 Å². The van der Waals surface area contributed by atoms with Crippen molar-refractivity contribution in [2.45, 2.75) is 19.9 Å². The molecule has 0 radical (unpaired) electrons. The molecule has 0 saturated carbocycles. The van der Waals surface area contributed by atoms with Crippen LogP contribution in [-0.2, 0) is 13.0 Å². The number of aromatic nitrogens is 1. The molecule has 0 unspecified atom stereocenters. The number of Topliss-reactive ketones (excluding diaryl/α,β-unsaturated/α-hetero) is 1. The molecule has 3 heterocycles. The zero-order valence-electron chi connectivity index (χ0n) is 13.1. The number of ketones is 1. The number of benzene rings is 1. The molecule has 0 spiro atoms. The molecule has 1 amide bonds. The second-order valence-corrected chi connectivity index (χ2v) is 7.30. The first-order valence-electron chi connectivity index (χ1n) is 7.71. The summed E-state index contributed by atoms with van der Waals surface area (Å²) in [6.07, 6.45) is 0.774. The molecule has 122 valence electrons. The molecule has 1 N–H and O–H groups in total. The molecule has 0 bridgehead atoms. The van der Waals surface area contributed by atoms with Gasteiger partial charge in [-0.05, 0) is 19.1 Å². The zero-order valence-corrected chi connectivity index (χ0v) is 14.6. The van der Waals surface area contributed by atoms with Crippen LogP contribution >= 0.6 is 22.9 Å². The number of hydrogen-bond donors (Lipinski definition) is 1. The number of nitrogens with one attached hydrogen (secondary N) is 1. The molecule has 0 aliphatic carbocycles. The predicted octanol–water partition coefficient (Wildman–Crippen LogP) is 4.28. The first-order valence-corrected chi connectivity index (χ1v) is 8.97. The summed E-state index contributed by atoms with van der Waals surface area (Å²) < 4.78 is 0. The number of fused-ring (bicyclic) bond motifs is 3. The second kappa shape index (κ2) is 5.76. The average Bonchev–Trinajstić information content (AvgIpc) is 3.19. The van der Waals surface area contributed by atoms with Crippen LogP contribution in [0, 0.1) is 0 Å². The molecule has 1 aliphatic rings. The molecule has 1 aliphatic heterocycles. The summed E-state index contributed by atoms with van der Waals surface area (Å²) in [6.45, 7) is 2.73. The van der Waals surface area contributed by atoms with Gasteiger partial charge in [-0.2, -0.15) is 0 Å². The minimum atomic E-state index is -0.0271. The van der Waals surface area contributed by atoms with Crippen molar-refractivity contribution in [2.75, 3.05) is 6.54 Å². The van der Waals surface area contributed by atoms with Crippen LogP contribution in [-0.4, -0.2) is 28.1 Å². The van der Waals surface area contributed by atoms with E-state index in [9.17, 15) is 9.59 Å². The molecule has 0 saturated heterocycles. The molecule has 4 nitrogen and oxygen atoms in total. The van der Waals surface area contributed by atoms with E-state index in [0.717, 1.165) is 28.6 Å². The lowest BCUT2D eigenvalue weighted by Crippen LogP contribution is -2.35. The van der Waals surface area contributed by atoms with E-state index in [-0.39, 0.29) is 11.7 Å². The third kappa shape index (κ3) is 2.44. The number of aromatic amines is 1. The number of thiophene rings is 1. The van der Waals surface area contributed by atoms with Crippen LogP contribution in [0.2, 0.25) is 5.02 Å². The van der Waals surface area contributed by atoms with Crippen molar-refractivity contribution in [3.63, 3.8) is 0 Å². The SMILES string of the molecule is CC(=O)c1cc(C(=O)N2CCc3[nH]c4c(Cl)cccc4c3C2)cs1. The lowest BCUT2D eigenvalue weighted by Gasteiger charge is -2.27. The quantitative estimate of drug-likeness (QED) is 0.695. The molecule has 0 atom stereocenters. The van der Waals surface area contributed by atoms with E-state index in [0.29, 0.717) is 28.6 Å². The van der Waals surface area contributed by atoms with Crippen LogP contribution in [0.1, 0.15) is 38.2 Å². The number of H-pyrrole nitrogens is 1. The summed E-state index contributed by atoms with van der Waals surface area (Å²) in [5, 5.41) is 3.54. The van der Waals surface area contributed by atoms with Gasteiger partial charge in [0.15, 0.2) is 5.78 Å². The van der Waals surface area contributed by atoms with Gasteiger partial charge in [-0.15, -0.1) is 11.3 Å². The summed E-state index contributed by atoms with van der Waals surface area (Å²) >= 11 is 7.58. The first-order chi connectivity index (χ1) is 11.5. The molecular formula is C18H15ClN2O2S. The molecule has 3 aromatic rings. The van der Waals surface area contributed by atoms with Gasteiger partial charge in [0.2, 0.25) is 0 Å². The van der Waals surface area contributed by atoms with Crippen molar-refractivity contribution < 1.29 is 9.59 Å². The van der Waals surface area contributed by atoms with Gasteiger partial charge >= 0.3 is 0 Å². The number of nitrogens with zero attached hydrogens (tertiary/aromatic N) is 1. The largest absolute Gasteiger partial charge is 0.357 e. The summed E-state index contributed by atoms with van der Waals surface area (Å²) in [5.41, 5.74) is 3.81. The monoisotopic (exact) mass is 358 g/mol. The molecular weight excluding hydrogens is 344 g/mol. The normalized spacial score (nSPS) is 14.0. The lowest BCUT2D eigenvalue weighted by molar-refractivity contribution is 0.0735. The number of para-hydroxylation sites is 1. The van der Waals surface area contributed by atoms with Crippen molar-refractivity contribution in [3.8, 4) is 0 Å². The minimum absolute atomic E-state index is 0.00810. The zero-order chi connectivity index (χ0) is 16.8. The number of halogens is 1. The van der Waals surface area contributed by atoms with Crippen molar-refractivity contribution in [1.29, 1.82) is 0 Å². The maximum absolute atomic E-state index is 12.8. The predicted molar refractivity (Wildman–Crippen MR) is 96.1 cm³/mol. The van der Waals surface area contributed by atoms with E-state index >= 15 is 0 Å². The molecule has 1 aromatic carbocycles. The maximum Gasteiger partial charge on any atom is 0.255 e. The Morgan fingerprint density at radius 2 is 2.17 bits per heavy atom. The lowest BCUT2D eigenvalue weighted by atomic mass is 10.0. The van der Waals surface area contributed by atoms with Crippen LogP contribution in [0.3, 0.4) is 0 Å².